The first-order valence-corrected chi connectivity index (χ1v) is 7.26. The molecular weight excluding hydrogens is 294 g/mol. The lowest BCUT2D eigenvalue weighted by Gasteiger charge is -2.18. The Hall–Kier alpha value is -2.16. The van der Waals surface area contributed by atoms with E-state index in [2.05, 4.69) is 0 Å². The van der Waals surface area contributed by atoms with Crippen LogP contribution in [0.1, 0.15) is 38.5 Å². The van der Waals surface area contributed by atoms with E-state index >= 15 is 0 Å². The molecule has 2 saturated heterocycles. The van der Waals surface area contributed by atoms with Gasteiger partial charge in [0.2, 0.25) is 0 Å². The Morgan fingerprint density at radius 3 is 2.09 bits per heavy atom. The van der Waals surface area contributed by atoms with Gasteiger partial charge in [-0.2, -0.15) is 10.1 Å². The number of hydrogen-bond acceptors (Lipinski definition) is 7. The molecule has 2 heterocycles. The van der Waals surface area contributed by atoms with Crippen molar-refractivity contribution >= 4 is 23.8 Å². The molecule has 2 N–H and O–H groups in total. The highest BCUT2D eigenvalue weighted by atomic mass is 16.7. The lowest BCUT2D eigenvalue weighted by atomic mass is 10.2. The van der Waals surface area contributed by atoms with E-state index in [4.69, 9.17) is 15.4 Å². The van der Waals surface area contributed by atoms with E-state index in [1.807, 2.05) is 0 Å². The van der Waals surface area contributed by atoms with Crippen molar-refractivity contribution in [3.05, 3.63) is 0 Å². The molecule has 2 aliphatic rings. The summed E-state index contributed by atoms with van der Waals surface area (Å²) in [6.45, 7) is 0.742. The summed E-state index contributed by atoms with van der Waals surface area (Å²) in [5.74, 6) is -1.88. The Morgan fingerprint density at radius 2 is 1.59 bits per heavy atom. The average molecular weight is 313 g/mol. The number of nitrogens with two attached hydrogens (primary N) is 1. The van der Waals surface area contributed by atoms with Gasteiger partial charge in [-0.25, -0.2) is 9.59 Å². The summed E-state index contributed by atoms with van der Waals surface area (Å²) in [7, 11) is 0. The first kappa shape index (κ1) is 16.2. The Balaban J connectivity index is 1.68. The Labute approximate surface area is 127 Å². The normalized spacial score (nSPS) is 19.5. The molecule has 0 aromatic rings. The number of hydrogen-bond donors (Lipinski definition) is 1. The molecule has 0 unspecified atom stereocenters. The fourth-order valence-electron chi connectivity index (χ4n) is 2.18. The van der Waals surface area contributed by atoms with E-state index in [0.717, 1.165) is 10.1 Å². The fourth-order valence-corrected chi connectivity index (χ4v) is 2.18. The zero-order valence-corrected chi connectivity index (χ0v) is 12.2. The predicted octanol–water partition coefficient (Wildman–Crippen LogP) is -0.745. The summed E-state index contributed by atoms with van der Waals surface area (Å²) in [6.07, 6.45) is 1.90. The molecule has 2 fully saturated rings. The minimum atomic E-state index is -1.03. The Morgan fingerprint density at radius 1 is 1.05 bits per heavy atom. The second-order valence-corrected chi connectivity index (χ2v) is 5.22. The minimum absolute atomic E-state index is 0.0156. The van der Waals surface area contributed by atoms with Crippen LogP contribution < -0.4 is 5.73 Å². The van der Waals surface area contributed by atoms with Crippen molar-refractivity contribution in [3.8, 4) is 0 Å². The monoisotopic (exact) mass is 313 g/mol. The van der Waals surface area contributed by atoms with Crippen LogP contribution >= 0.6 is 0 Å². The number of hydroxylamine groups is 4. The lowest BCUT2D eigenvalue weighted by Crippen LogP contribution is -2.39. The van der Waals surface area contributed by atoms with Crippen LogP contribution in [-0.2, 0) is 28.9 Å². The molecule has 2 aliphatic heterocycles. The highest BCUT2D eigenvalue weighted by Crippen LogP contribution is 2.13. The average Bonchev–Trinajstić information content (AvgIpc) is 3.06. The number of nitrogens with zero attached hydrogens (tertiary/aromatic N) is 2. The predicted molar refractivity (Wildman–Crippen MR) is 71.3 cm³/mol. The van der Waals surface area contributed by atoms with Crippen molar-refractivity contribution in [2.45, 2.75) is 44.6 Å². The summed E-state index contributed by atoms with van der Waals surface area (Å²) in [5.41, 5.74) is 5.62. The molecule has 0 aromatic carbocycles. The van der Waals surface area contributed by atoms with Crippen LogP contribution in [0.5, 0.6) is 0 Å². The van der Waals surface area contributed by atoms with Crippen LogP contribution in [0.2, 0.25) is 0 Å². The molecule has 0 radical (unpaired) electrons. The summed E-state index contributed by atoms with van der Waals surface area (Å²) >= 11 is 0. The first-order chi connectivity index (χ1) is 10.5. The minimum Gasteiger partial charge on any atom is -0.338 e. The fraction of sp³-hybridized carbons (Fsp3) is 0.692. The standard InChI is InChI=1S/C13H19N3O6/c14-9(13(20)22-16-8-2-4-11(16)18)5-6-12(19)21-15-7-1-3-10(15)17/h9H,1-8,14H2/t9-/m0/s1. The van der Waals surface area contributed by atoms with E-state index in [1.54, 1.807) is 0 Å². The summed E-state index contributed by atoms with van der Waals surface area (Å²) in [6, 6.07) is -1.03. The second kappa shape index (κ2) is 7.21. The van der Waals surface area contributed by atoms with E-state index < -0.39 is 18.0 Å². The third-order valence-electron chi connectivity index (χ3n) is 3.43. The zero-order chi connectivity index (χ0) is 16.1. The smallest absolute Gasteiger partial charge is 0.338 e. The molecule has 122 valence electrons. The van der Waals surface area contributed by atoms with Crippen LogP contribution in [0.25, 0.3) is 0 Å². The summed E-state index contributed by atoms with van der Waals surface area (Å²) in [4.78, 5) is 55.6. The molecule has 1 atom stereocenters. The number of rotatable bonds is 6. The van der Waals surface area contributed by atoms with E-state index in [1.165, 1.54) is 0 Å². The summed E-state index contributed by atoms with van der Waals surface area (Å²) in [5, 5.41) is 2.01. The van der Waals surface area contributed by atoms with Crippen LogP contribution in [0.4, 0.5) is 0 Å². The third kappa shape index (κ3) is 4.17. The number of carbonyl (C=O) groups excluding carboxylic acids is 4. The van der Waals surface area contributed by atoms with Crippen molar-refractivity contribution in [2.24, 2.45) is 5.73 Å². The SMILES string of the molecule is N[C@@H](CCC(=O)ON1CCCC1=O)C(=O)ON1CCCC1=O. The molecular formula is C13H19N3O6. The quantitative estimate of drug-likeness (QED) is 0.685. The van der Waals surface area contributed by atoms with Gasteiger partial charge in [0.25, 0.3) is 11.8 Å². The molecule has 9 heteroatoms. The molecule has 2 rings (SSSR count). The van der Waals surface area contributed by atoms with Gasteiger partial charge in [0.05, 0.1) is 19.5 Å². The third-order valence-corrected chi connectivity index (χ3v) is 3.43. The second-order valence-electron chi connectivity index (χ2n) is 5.22. The largest absolute Gasteiger partial charge is 0.349 e. The molecule has 0 saturated carbocycles. The van der Waals surface area contributed by atoms with Gasteiger partial charge in [0.1, 0.15) is 6.04 Å². The summed E-state index contributed by atoms with van der Waals surface area (Å²) < 4.78 is 0. The van der Waals surface area contributed by atoms with Gasteiger partial charge in [0.15, 0.2) is 0 Å². The van der Waals surface area contributed by atoms with Gasteiger partial charge in [0, 0.05) is 12.8 Å². The first-order valence-electron chi connectivity index (χ1n) is 7.26. The molecule has 0 aliphatic carbocycles. The molecule has 22 heavy (non-hydrogen) atoms. The number of carbonyl (C=O) groups is 4. The zero-order valence-electron chi connectivity index (χ0n) is 12.2. The maximum Gasteiger partial charge on any atom is 0.349 e. The van der Waals surface area contributed by atoms with Gasteiger partial charge in [-0.05, 0) is 19.3 Å². The van der Waals surface area contributed by atoms with Gasteiger partial charge < -0.3 is 15.4 Å². The van der Waals surface area contributed by atoms with Crippen molar-refractivity contribution in [3.63, 3.8) is 0 Å². The molecule has 2 amide bonds. The molecule has 0 aromatic heterocycles. The van der Waals surface area contributed by atoms with Gasteiger partial charge in [-0.15, -0.1) is 0 Å². The highest BCUT2D eigenvalue weighted by Gasteiger charge is 2.28. The lowest BCUT2D eigenvalue weighted by molar-refractivity contribution is -0.195. The van der Waals surface area contributed by atoms with Gasteiger partial charge in [-0.1, -0.05) is 0 Å². The molecule has 9 nitrogen and oxygen atoms in total. The van der Waals surface area contributed by atoms with Crippen molar-refractivity contribution in [1.82, 2.24) is 10.1 Å². The molecule has 0 bridgehead atoms. The van der Waals surface area contributed by atoms with Gasteiger partial charge >= 0.3 is 11.9 Å². The Bertz CT molecular complexity index is 480. The maximum absolute atomic E-state index is 11.7. The van der Waals surface area contributed by atoms with Crippen molar-refractivity contribution < 1.29 is 28.9 Å². The highest BCUT2D eigenvalue weighted by molar-refractivity contribution is 5.82. The maximum atomic E-state index is 11.7. The van der Waals surface area contributed by atoms with Crippen LogP contribution in [0.15, 0.2) is 0 Å². The van der Waals surface area contributed by atoms with Crippen LogP contribution in [0, 0.1) is 0 Å². The van der Waals surface area contributed by atoms with E-state index in [0.29, 0.717) is 38.8 Å². The van der Waals surface area contributed by atoms with Gasteiger partial charge in [-0.3, -0.25) is 9.59 Å². The topological polar surface area (TPSA) is 119 Å². The van der Waals surface area contributed by atoms with Crippen LogP contribution in [-0.4, -0.2) is 53.0 Å². The van der Waals surface area contributed by atoms with E-state index in [-0.39, 0.29) is 24.7 Å². The van der Waals surface area contributed by atoms with Crippen molar-refractivity contribution in [1.29, 1.82) is 0 Å². The van der Waals surface area contributed by atoms with E-state index in [9.17, 15) is 19.2 Å². The van der Waals surface area contributed by atoms with Crippen LogP contribution in [0.3, 0.4) is 0 Å². The Kier molecular flexibility index (Phi) is 5.31. The van der Waals surface area contributed by atoms with Crippen molar-refractivity contribution in [2.75, 3.05) is 13.1 Å². The molecule has 0 spiro atoms. The number of amides is 2.